The van der Waals surface area contributed by atoms with E-state index >= 15 is 0 Å². The van der Waals surface area contributed by atoms with Crippen LogP contribution in [0.2, 0.25) is 0 Å². The van der Waals surface area contributed by atoms with Crippen molar-refractivity contribution in [2.75, 3.05) is 66.1 Å². The largest absolute Gasteiger partial charge is 0.481 e. The zero-order chi connectivity index (χ0) is 21.7. The first-order valence-electron chi connectivity index (χ1n) is 9.98. The van der Waals surface area contributed by atoms with Crippen LogP contribution < -0.4 is 0 Å². The molecule has 170 valence electrons. The molecule has 9 heteroatoms. The smallest absolute Gasteiger partial charge is 0.308 e. The van der Waals surface area contributed by atoms with Crippen LogP contribution in [0, 0.1) is 0 Å². The Morgan fingerprint density at radius 3 is 1.53 bits per heavy atom. The van der Waals surface area contributed by atoms with Gasteiger partial charge in [0.05, 0.1) is 78.9 Å². The number of carbonyl (C=O) groups excluding carboxylic acids is 1. The summed E-state index contributed by atoms with van der Waals surface area (Å²) in [5.74, 6) is -1.17. The summed E-state index contributed by atoms with van der Waals surface area (Å²) in [6.07, 6.45) is 0.204. The lowest BCUT2D eigenvalue weighted by atomic mass is 10.2. The number of hydrogen-bond donors (Lipinski definition) is 1. The van der Waals surface area contributed by atoms with Crippen molar-refractivity contribution in [3.8, 4) is 0 Å². The Morgan fingerprint density at radius 1 is 0.633 bits per heavy atom. The molecule has 1 N–H and O–H groups in total. The molecule has 0 aromatic heterocycles. The molecule has 0 aliphatic carbocycles. The number of hydrogen-bond acceptors (Lipinski definition) is 8. The van der Waals surface area contributed by atoms with Crippen molar-refractivity contribution in [3.63, 3.8) is 0 Å². The van der Waals surface area contributed by atoms with Gasteiger partial charge in [-0.05, 0) is 5.56 Å². The maximum atomic E-state index is 11.6. The average molecular weight is 428 g/mol. The molecule has 0 spiro atoms. The van der Waals surface area contributed by atoms with Crippen LogP contribution in [-0.4, -0.2) is 83.1 Å². The van der Waals surface area contributed by atoms with E-state index in [0.29, 0.717) is 59.5 Å². The average Bonchev–Trinajstić information content (AvgIpc) is 2.75. The lowest BCUT2D eigenvalue weighted by Crippen LogP contribution is -2.14. The molecule has 0 amide bonds. The minimum atomic E-state index is -0.877. The van der Waals surface area contributed by atoms with E-state index in [1.165, 1.54) is 0 Å². The van der Waals surface area contributed by atoms with E-state index in [-0.39, 0.29) is 32.0 Å². The molecule has 0 fully saturated rings. The van der Waals surface area contributed by atoms with Crippen molar-refractivity contribution >= 4 is 11.9 Å². The van der Waals surface area contributed by atoms with Crippen LogP contribution >= 0.6 is 0 Å². The van der Waals surface area contributed by atoms with E-state index in [0.717, 1.165) is 5.56 Å². The number of benzene rings is 1. The van der Waals surface area contributed by atoms with Gasteiger partial charge in [-0.15, -0.1) is 0 Å². The van der Waals surface area contributed by atoms with Crippen molar-refractivity contribution < 1.29 is 43.1 Å². The molecule has 0 aliphatic rings. The van der Waals surface area contributed by atoms with Crippen molar-refractivity contribution in [3.05, 3.63) is 35.9 Å². The molecule has 0 bridgehead atoms. The van der Waals surface area contributed by atoms with Crippen LogP contribution in [0.3, 0.4) is 0 Å². The van der Waals surface area contributed by atoms with Crippen LogP contribution in [0.5, 0.6) is 0 Å². The molecule has 0 saturated heterocycles. The van der Waals surface area contributed by atoms with Gasteiger partial charge >= 0.3 is 11.9 Å². The van der Waals surface area contributed by atoms with Crippen LogP contribution in [-0.2, 0) is 44.6 Å². The number of carbonyl (C=O) groups is 2. The summed E-state index contributed by atoms with van der Waals surface area (Å²) in [7, 11) is 0. The zero-order valence-corrected chi connectivity index (χ0v) is 17.3. The summed E-state index contributed by atoms with van der Waals surface area (Å²) in [6.45, 7) is 4.12. The maximum Gasteiger partial charge on any atom is 0.308 e. The molecule has 9 nitrogen and oxygen atoms in total. The van der Waals surface area contributed by atoms with E-state index in [4.69, 9.17) is 33.5 Å². The van der Waals surface area contributed by atoms with Gasteiger partial charge in [0.1, 0.15) is 6.61 Å². The summed E-state index contributed by atoms with van der Waals surface area (Å²) in [5, 5.41) is 8.44. The Kier molecular flexibility index (Phi) is 16.4. The van der Waals surface area contributed by atoms with E-state index in [9.17, 15) is 9.59 Å². The first-order valence-corrected chi connectivity index (χ1v) is 9.98. The second-order valence-corrected chi connectivity index (χ2v) is 6.10. The second-order valence-electron chi connectivity index (χ2n) is 6.10. The number of carboxylic acids is 1. The number of carboxylic acid groups (broad SMARTS) is 1. The van der Waals surface area contributed by atoms with Gasteiger partial charge in [0.25, 0.3) is 0 Å². The normalized spacial score (nSPS) is 10.8. The highest BCUT2D eigenvalue weighted by Crippen LogP contribution is 2.01. The van der Waals surface area contributed by atoms with Gasteiger partial charge in [-0.25, -0.2) is 0 Å². The first kappa shape index (κ1) is 26.0. The summed E-state index contributed by atoms with van der Waals surface area (Å²) in [4.78, 5) is 21.9. The molecule has 0 radical (unpaired) electrons. The second kappa shape index (κ2) is 19.0. The van der Waals surface area contributed by atoms with Crippen LogP contribution in [0.1, 0.15) is 18.4 Å². The third-order valence-corrected chi connectivity index (χ3v) is 3.64. The van der Waals surface area contributed by atoms with Crippen molar-refractivity contribution in [1.82, 2.24) is 0 Å². The molecule has 1 aromatic rings. The fourth-order valence-corrected chi connectivity index (χ4v) is 2.11. The predicted octanol–water partition coefficient (Wildman–Crippen LogP) is 1.68. The molecular weight excluding hydrogens is 396 g/mol. The molecule has 1 rings (SSSR count). The van der Waals surface area contributed by atoms with Gasteiger partial charge in [0.15, 0.2) is 0 Å². The molecule has 0 heterocycles. The monoisotopic (exact) mass is 428 g/mol. The Morgan fingerprint density at radius 2 is 1.07 bits per heavy atom. The highest BCUT2D eigenvalue weighted by atomic mass is 16.6. The Balaban J connectivity index is 1.74. The van der Waals surface area contributed by atoms with Crippen LogP contribution in [0.15, 0.2) is 30.3 Å². The summed E-state index contributed by atoms with van der Waals surface area (Å²) in [6, 6.07) is 9.52. The lowest BCUT2D eigenvalue weighted by Gasteiger charge is -2.08. The molecule has 30 heavy (non-hydrogen) atoms. The van der Waals surface area contributed by atoms with Crippen molar-refractivity contribution in [1.29, 1.82) is 0 Å². The van der Waals surface area contributed by atoms with Gasteiger partial charge in [-0.1, -0.05) is 30.3 Å². The van der Waals surface area contributed by atoms with Gasteiger partial charge in [-0.3, -0.25) is 9.59 Å². The summed E-state index contributed by atoms with van der Waals surface area (Å²) in [5.41, 5.74) is 0.955. The Bertz CT molecular complexity index is 551. The van der Waals surface area contributed by atoms with E-state index in [1.54, 1.807) is 0 Å². The van der Waals surface area contributed by atoms with Gasteiger partial charge in [0, 0.05) is 0 Å². The minimum absolute atomic E-state index is 0.00452. The van der Waals surface area contributed by atoms with Crippen LogP contribution in [0.4, 0.5) is 0 Å². The van der Waals surface area contributed by atoms with E-state index in [2.05, 4.69) is 0 Å². The van der Waals surface area contributed by atoms with Gasteiger partial charge in [0.2, 0.25) is 0 Å². The predicted molar refractivity (Wildman–Crippen MR) is 107 cm³/mol. The molecule has 0 aliphatic heterocycles. The van der Waals surface area contributed by atoms with Gasteiger partial charge in [-0.2, -0.15) is 0 Å². The third-order valence-electron chi connectivity index (χ3n) is 3.64. The van der Waals surface area contributed by atoms with E-state index < -0.39 is 5.97 Å². The van der Waals surface area contributed by atoms with E-state index in [1.807, 2.05) is 30.3 Å². The number of ether oxygens (including phenoxy) is 6. The van der Waals surface area contributed by atoms with Crippen molar-refractivity contribution in [2.24, 2.45) is 0 Å². The third kappa shape index (κ3) is 16.9. The standard InChI is InChI=1S/C21H32O9/c22-20(23)6-8-25-10-12-27-14-16-29-17-15-28-13-11-26-9-7-21(24)30-18-19-4-2-1-3-5-19/h1-5H,6-18H2,(H,22,23). The lowest BCUT2D eigenvalue weighted by molar-refractivity contribution is -0.146. The topological polar surface area (TPSA) is 110 Å². The first-order chi connectivity index (χ1) is 14.7. The maximum absolute atomic E-state index is 11.6. The minimum Gasteiger partial charge on any atom is -0.481 e. The fourth-order valence-electron chi connectivity index (χ4n) is 2.11. The molecular formula is C21H32O9. The number of rotatable bonds is 20. The number of aliphatic carboxylic acids is 1. The van der Waals surface area contributed by atoms with Crippen molar-refractivity contribution in [2.45, 2.75) is 19.4 Å². The number of esters is 1. The molecule has 1 aromatic carbocycles. The molecule has 0 saturated carbocycles. The highest BCUT2D eigenvalue weighted by molar-refractivity contribution is 5.69. The summed E-state index contributed by atoms with van der Waals surface area (Å²) < 4.78 is 31.6. The Hall–Kier alpha value is -2.04. The fraction of sp³-hybridized carbons (Fsp3) is 0.619. The molecule has 0 atom stereocenters. The zero-order valence-electron chi connectivity index (χ0n) is 17.3. The quantitative estimate of drug-likeness (QED) is 0.245. The highest BCUT2D eigenvalue weighted by Gasteiger charge is 2.03. The molecule has 0 unspecified atom stereocenters. The van der Waals surface area contributed by atoms with Gasteiger partial charge < -0.3 is 33.5 Å². The summed E-state index contributed by atoms with van der Waals surface area (Å²) >= 11 is 0. The SMILES string of the molecule is O=C(O)CCOCCOCCOCCOCCOCCC(=O)OCc1ccccc1. The van der Waals surface area contributed by atoms with Crippen LogP contribution in [0.25, 0.3) is 0 Å². The Labute approximate surface area is 177 Å².